The van der Waals surface area contributed by atoms with E-state index < -0.39 is 16.9 Å². The maximum atomic E-state index is 12.1. The van der Waals surface area contributed by atoms with Gasteiger partial charge >= 0.3 is 0 Å². The highest BCUT2D eigenvalue weighted by atomic mass is 32.2. The smallest absolute Gasteiger partial charge is 0.278 e. The number of benzene rings is 1. The van der Waals surface area contributed by atoms with Crippen LogP contribution in [-0.4, -0.2) is 94.1 Å². The first kappa shape index (κ1) is 27.0. The summed E-state index contributed by atoms with van der Waals surface area (Å²) >= 11 is 0. The Bertz CT molecular complexity index is 998. The first-order valence-electron chi connectivity index (χ1n) is 11.5. The fourth-order valence-electron chi connectivity index (χ4n) is 3.80. The summed E-state index contributed by atoms with van der Waals surface area (Å²) in [7, 11) is 1.67. The van der Waals surface area contributed by atoms with Crippen molar-refractivity contribution in [3.05, 3.63) is 47.8 Å². The molecule has 1 aliphatic heterocycles. The molecule has 0 spiro atoms. The number of aromatic nitrogens is 1. The number of hydrogen-bond donors (Lipinski definition) is 3. The lowest BCUT2D eigenvalue weighted by molar-refractivity contribution is -0.0757. The molecule has 35 heavy (non-hydrogen) atoms. The summed E-state index contributed by atoms with van der Waals surface area (Å²) < 4.78 is 17.2. The van der Waals surface area contributed by atoms with Gasteiger partial charge in [0.2, 0.25) is 0 Å². The van der Waals surface area contributed by atoms with Gasteiger partial charge in [-0.3, -0.25) is 23.7 Å². The first-order chi connectivity index (χ1) is 16.8. The van der Waals surface area contributed by atoms with Crippen molar-refractivity contribution in [3.8, 4) is 11.5 Å². The second-order valence-corrected chi connectivity index (χ2v) is 9.88. The minimum absolute atomic E-state index is 0.0375. The molecule has 3 N–H and O–H groups in total. The quantitative estimate of drug-likeness (QED) is 0.385. The van der Waals surface area contributed by atoms with Crippen LogP contribution in [-0.2, 0) is 22.2 Å². The molecule has 192 valence electrons. The van der Waals surface area contributed by atoms with Crippen LogP contribution in [0, 0.1) is 0 Å². The lowest BCUT2D eigenvalue weighted by atomic mass is 10.0. The monoisotopic (exact) mass is 506 g/mol. The Morgan fingerprint density at radius 1 is 1.31 bits per heavy atom. The second-order valence-electron chi connectivity index (χ2n) is 8.53. The van der Waals surface area contributed by atoms with Gasteiger partial charge in [0, 0.05) is 51.7 Å². The Morgan fingerprint density at radius 2 is 2.06 bits per heavy atom. The fraction of sp³-hybridized carbons (Fsp3) is 0.500. The van der Waals surface area contributed by atoms with E-state index in [0.717, 1.165) is 43.2 Å². The highest BCUT2D eigenvalue weighted by Crippen LogP contribution is 2.25. The van der Waals surface area contributed by atoms with Gasteiger partial charge in [0.25, 0.3) is 5.91 Å². The molecule has 0 aliphatic carbocycles. The zero-order valence-corrected chi connectivity index (χ0v) is 21.2. The maximum Gasteiger partial charge on any atom is 0.278 e. The molecule has 0 saturated carbocycles. The molecular weight excluding hydrogens is 472 g/mol. The van der Waals surface area contributed by atoms with Gasteiger partial charge in [0.15, 0.2) is 0 Å². The van der Waals surface area contributed by atoms with E-state index in [1.165, 1.54) is 25.5 Å². The number of nitrogens with one attached hydrogen (secondary N) is 1. The fourth-order valence-corrected chi connectivity index (χ4v) is 4.45. The molecule has 10 nitrogen and oxygen atoms in total. The third kappa shape index (κ3) is 7.97. The number of carbonyl (C=O) groups is 1. The topological polar surface area (TPSA) is 124 Å². The van der Waals surface area contributed by atoms with Crippen molar-refractivity contribution in [1.82, 2.24) is 20.3 Å². The number of carbonyl (C=O) groups excluding carboxylic acids is 1. The van der Waals surface area contributed by atoms with E-state index in [9.17, 15) is 19.2 Å². The molecular formula is C24H34N4O6S. The number of ether oxygens (including phenoxy) is 1. The number of likely N-dealkylation sites (tertiary alicyclic amines) is 1. The average molecular weight is 507 g/mol. The van der Waals surface area contributed by atoms with Gasteiger partial charge in [0.1, 0.15) is 24.2 Å². The lowest BCUT2D eigenvalue weighted by Crippen LogP contribution is -2.45. The number of pyridine rings is 1. The molecule has 2 heterocycles. The Balaban J connectivity index is 1.36. The summed E-state index contributed by atoms with van der Waals surface area (Å²) in [6, 6.07) is 8.49. The number of phenolic OH excluding ortho intramolecular Hbond substituents is 1. The molecule has 1 saturated heterocycles. The normalized spacial score (nSPS) is 16.6. The maximum absolute atomic E-state index is 12.1. The van der Waals surface area contributed by atoms with E-state index in [4.69, 9.17) is 9.57 Å². The third-order valence-corrected chi connectivity index (χ3v) is 6.88. The number of amides is 1. The SMILES string of the molecule is CON(C)C(=O)c1ccc(CN2CCC(NCC(O)COc3ccc(O)c(S(C)=O)c3)CC2)nc1. The van der Waals surface area contributed by atoms with Crippen LogP contribution in [0.25, 0.3) is 0 Å². The van der Waals surface area contributed by atoms with Crippen LogP contribution < -0.4 is 10.1 Å². The number of nitrogens with zero attached hydrogens (tertiary/aromatic N) is 3. The second kappa shape index (κ2) is 12.9. The summed E-state index contributed by atoms with van der Waals surface area (Å²) in [5.74, 6) is 0.179. The average Bonchev–Trinajstić information content (AvgIpc) is 2.87. The molecule has 0 bridgehead atoms. The molecule has 1 aliphatic rings. The molecule has 0 radical (unpaired) electrons. The number of piperidine rings is 1. The zero-order valence-electron chi connectivity index (χ0n) is 20.3. The highest BCUT2D eigenvalue weighted by molar-refractivity contribution is 7.84. The Hall–Kier alpha value is -2.57. The van der Waals surface area contributed by atoms with Crippen LogP contribution in [0.5, 0.6) is 11.5 Å². The van der Waals surface area contributed by atoms with Crippen molar-refractivity contribution < 1.29 is 28.8 Å². The first-order valence-corrected chi connectivity index (χ1v) is 13.0. The molecule has 1 fully saturated rings. The number of aliphatic hydroxyl groups is 1. The summed E-state index contributed by atoms with van der Waals surface area (Å²) in [5, 5.41) is 24.6. The van der Waals surface area contributed by atoms with Crippen LogP contribution in [0.3, 0.4) is 0 Å². The van der Waals surface area contributed by atoms with E-state index in [2.05, 4.69) is 15.2 Å². The molecule has 2 aromatic rings. The van der Waals surface area contributed by atoms with Crippen molar-refractivity contribution in [2.45, 2.75) is 36.4 Å². The lowest BCUT2D eigenvalue weighted by Gasteiger charge is -2.32. The van der Waals surface area contributed by atoms with Gasteiger partial charge < -0.3 is 20.3 Å². The number of hydrogen-bond acceptors (Lipinski definition) is 9. The number of rotatable bonds is 11. The minimum Gasteiger partial charge on any atom is -0.507 e. The van der Waals surface area contributed by atoms with Crippen molar-refractivity contribution >= 4 is 16.7 Å². The van der Waals surface area contributed by atoms with Gasteiger partial charge in [-0.25, -0.2) is 5.06 Å². The molecule has 1 aromatic heterocycles. The van der Waals surface area contributed by atoms with E-state index in [-0.39, 0.29) is 18.3 Å². The molecule has 1 aromatic carbocycles. The van der Waals surface area contributed by atoms with E-state index >= 15 is 0 Å². The van der Waals surface area contributed by atoms with Gasteiger partial charge in [-0.1, -0.05) is 0 Å². The van der Waals surface area contributed by atoms with Crippen LogP contribution in [0.2, 0.25) is 0 Å². The highest BCUT2D eigenvalue weighted by Gasteiger charge is 2.20. The third-order valence-electron chi connectivity index (χ3n) is 5.93. The predicted molar refractivity (Wildman–Crippen MR) is 132 cm³/mol. The predicted octanol–water partition coefficient (Wildman–Crippen LogP) is 1.15. The number of hydroxylamine groups is 2. The summed E-state index contributed by atoms with van der Waals surface area (Å²) in [5.41, 5.74) is 1.39. The summed E-state index contributed by atoms with van der Waals surface area (Å²) in [6.45, 7) is 3.03. The molecule has 1 amide bonds. The van der Waals surface area contributed by atoms with Crippen LogP contribution in [0.15, 0.2) is 41.4 Å². The molecule has 2 atom stereocenters. The summed E-state index contributed by atoms with van der Waals surface area (Å²) in [6.07, 6.45) is 4.27. The zero-order chi connectivity index (χ0) is 25.4. The standard InChI is InChI=1S/C24H34N4O6S/c1-27(33-2)24(31)17-4-5-19(25-13-17)15-28-10-8-18(9-11-28)26-14-20(29)16-34-21-6-7-22(30)23(12-21)35(3)32/h4-7,12-13,18,20,26,29-30H,8-11,14-16H2,1-3H3. The Labute approximate surface area is 208 Å². The van der Waals surface area contributed by atoms with E-state index in [1.807, 2.05) is 6.07 Å². The van der Waals surface area contributed by atoms with Crippen molar-refractivity contribution in [3.63, 3.8) is 0 Å². The molecule has 2 unspecified atom stereocenters. The summed E-state index contributed by atoms with van der Waals surface area (Å²) in [4.78, 5) is 24.0. The van der Waals surface area contributed by atoms with Gasteiger partial charge in [-0.15, -0.1) is 0 Å². The van der Waals surface area contributed by atoms with E-state index in [0.29, 0.717) is 28.8 Å². The number of aromatic hydroxyl groups is 1. The number of aliphatic hydroxyl groups excluding tert-OH is 1. The van der Waals surface area contributed by atoms with Gasteiger partial charge in [-0.2, -0.15) is 0 Å². The Morgan fingerprint density at radius 3 is 2.69 bits per heavy atom. The van der Waals surface area contributed by atoms with Gasteiger partial charge in [-0.05, 0) is 43.2 Å². The number of phenols is 1. The molecule has 11 heteroatoms. The van der Waals surface area contributed by atoms with Crippen LogP contribution in [0.4, 0.5) is 0 Å². The molecule has 3 rings (SSSR count). The largest absolute Gasteiger partial charge is 0.507 e. The minimum atomic E-state index is -1.33. The van der Waals surface area contributed by atoms with Crippen molar-refractivity contribution in [2.75, 3.05) is 46.7 Å². The van der Waals surface area contributed by atoms with E-state index in [1.54, 1.807) is 25.4 Å². The Kier molecular flexibility index (Phi) is 9.99. The van der Waals surface area contributed by atoms with Gasteiger partial charge in [0.05, 0.1) is 34.1 Å². The van der Waals surface area contributed by atoms with Crippen molar-refractivity contribution in [2.24, 2.45) is 0 Å². The van der Waals surface area contributed by atoms with Crippen LogP contribution >= 0.6 is 0 Å². The van der Waals surface area contributed by atoms with Crippen LogP contribution in [0.1, 0.15) is 28.9 Å². The van der Waals surface area contributed by atoms with Crippen molar-refractivity contribution in [1.29, 1.82) is 0 Å².